The fraction of sp³-hybridized carbons (Fsp3) is 0.375. The quantitative estimate of drug-likeness (QED) is 0.0651. The summed E-state index contributed by atoms with van der Waals surface area (Å²) in [6.07, 6.45) is 5.07. The Balaban J connectivity index is 0.974. The second kappa shape index (κ2) is 16.1. The van der Waals surface area contributed by atoms with Crippen LogP contribution in [0.15, 0.2) is 72.0 Å². The maximum absolute atomic E-state index is 13.2. The van der Waals surface area contributed by atoms with Crippen LogP contribution in [0.1, 0.15) is 78.5 Å². The molecule has 2 aromatic carbocycles. The molecule has 15 heteroatoms. The number of methoxy groups -OCH3 is 1. The number of ether oxygens (including phenoxy) is 2. The highest BCUT2D eigenvalue weighted by molar-refractivity contribution is 6.04. The molecule has 2 atom stereocenters. The van der Waals surface area contributed by atoms with Crippen LogP contribution in [0.4, 0.5) is 22.9 Å². The molecule has 1 fully saturated rings. The topological polar surface area (TPSA) is 176 Å². The lowest BCUT2D eigenvalue weighted by molar-refractivity contribution is -0.116. The van der Waals surface area contributed by atoms with E-state index in [2.05, 4.69) is 58.6 Å². The lowest BCUT2D eigenvalue weighted by Crippen LogP contribution is -2.35. The highest BCUT2D eigenvalue weighted by Crippen LogP contribution is 2.38. The summed E-state index contributed by atoms with van der Waals surface area (Å²) < 4.78 is 14.8. The van der Waals surface area contributed by atoms with E-state index in [1.165, 1.54) is 7.11 Å². The van der Waals surface area contributed by atoms with Gasteiger partial charge < -0.3 is 49.9 Å². The molecule has 1 saturated heterocycles. The normalized spacial score (nSPS) is 15.5. The summed E-state index contributed by atoms with van der Waals surface area (Å²) in [4.78, 5) is 49.7. The van der Waals surface area contributed by atoms with Gasteiger partial charge in [-0.2, -0.15) is 0 Å². The number of nitrogens with one attached hydrogen (secondary N) is 4. The Morgan fingerprint density at radius 2 is 1.82 bits per heavy atom. The van der Waals surface area contributed by atoms with Crippen LogP contribution in [-0.4, -0.2) is 79.9 Å². The monoisotopic (exact) mass is 751 g/mol. The SMILES string of the molecule is C=C1C[C@H]2C=Nc3cc(OCCCC(=O)Nc4cn(C)c(C(O)Nc5cc(C(=O)NCc6ccc(NC(C)(C)C)cc6)n(C)c5)n4)c(OC)cc3C(=O)N2C1. The second-order valence-corrected chi connectivity index (χ2v) is 14.9. The summed E-state index contributed by atoms with van der Waals surface area (Å²) >= 11 is 0. The van der Waals surface area contributed by atoms with Gasteiger partial charge in [-0.25, -0.2) is 4.98 Å². The number of hydrogen-bond acceptors (Lipinski definition) is 10. The van der Waals surface area contributed by atoms with Crippen LogP contribution >= 0.6 is 0 Å². The van der Waals surface area contributed by atoms with Gasteiger partial charge in [0, 0.05) is 69.5 Å². The Hall–Kier alpha value is -6.09. The van der Waals surface area contributed by atoms with Crippen molar-refractivity contribution >= 4 is 46.8 Å². The number of aryl methyl sites for hydroxylation is 2. The Kier molecular flexibility index (Phi) is 11.3. The van der Waals surface area contributed by atoms with Crippen molar-refractivity contribution in [2.24, 2.45) is 19.1 Å². The van der Waals surface area contributed by atoms with Crippen molar-refractivity contribution in [1.82, 2.24) is 24.3 Å². The van der Waals surface area contributed by atoms with Crippen LogP contribution in [0.25, 0.3) is 0 Å². The number of aliphatic imine (C=N–C) groups is 1. The zero-order valence-electron chi connectivity index (χ0n) is 32.1. The third-order valence-electron chi connectivity index (χ3n) is 9.15. The first-order valence-electron chi connectivity index (χ1n) is 18.1. The van der Waals surface area contributed by atoms with Gasteiger partial charge in [-0.3, -0.25) is 19.4 Å². The molecule has 0 bridgehead atoms. The Morgan fingerprint density at radius 1 is 1.05 bits per heavy atom. The predicted molar refractivity (Wildman–Crippen MR) is 211 cm³/mol. The number of carbonyl (C=O) groups is 3. The minimum atomic E-state index is -1.23. The van der Waals surface area contributed by atoms with Gasteiger partial charge in [0.25, 0.3) is 11.8 Å². The second-order valence-electron chi connectivity index (χ2n) is 14.9. The van der Waals surface area contributed by atoms with E-state index in [1.807, 2.05) is 24.3 Å². The van der Waals surface area contributed by atoms with Crippen molar-refractivity contribution in [2.45, 2.75) is 64.4 Å². The standard InChI is InChI=1S/C40H49N9O6/c1-24-15-28-20-41-30-18-33(32(54-7)17-29(30)39(53)49(28)21-24)55-14-8-9-35(50)44-34-23-48(6)36(45-34)38(52)43-27-16-31(47(5)22-27)37(51)42-19-25-10-12-26(13-11-25)46-40(2,3)4/h10-13,16-18,20,22-23,28,38,43,46,52H,1,8-9,14-15,19,21H2,2-7H3,(H,42,51)(H,44,50)/t28-,38?/m0/s1. The maximum atomic E-state index is 13.2. The minimum absolute atomic E-state index is 0.0500. The van der Waals surface area contributed by atoms with Gasteiger partial charge in [0.2, 0.25) is 5.91 Å². The van der Waals surface area contributed by atoms with E-state index in [1.54, 1.807) is 64.9 Å². The molecule has 3 amide bonds. The van der Waals surface area contributed by atoms with Crippen LogP contribution in [0, 0.1) is 0 Å². The molecule has 2 aliphatic heterocycles. The van der Waals surface area contributed by atoms with Crippen LogP contribution in [0.2, 0.25) is 0 Å². The van der Waals surface area contributed by atoms with Crippen molar-refractivity contribution in [3.63, 3.8) is 0 Å². The molecule has 290 valence electrons. The fourth-order valence-corrected chi connectivity index (χ4v) is 6.52. The van der Waals surface area contributed by atoms with Gasteiger partial charge in [0.05, 0.1) is 36.7 Å². The molecule has 0 spiro atoms. The number of benzene rings is 2. The average Bonchev–Trinajstić information content (AvgIpc) is 3.80. The fourth-order valence-electron chi connectivity index (χ4n) is 6.52. The maximum Gasteiger partial charge on any atom is 0.268 e. The van der Waals surface area contributed by atoms with E-state index >= 15 is 0 Å². The number of carbonyl (C=O) groups excluding carboxylic acids is 3. The molecule has 15 nitrogen and oxygen atoms in total. The van der Waals surface area contributed by atoms with Gasteiger partial charge >= 0.3 is 0 Å². The largest absolute Gasteiger partial charge is 0.493 e. The van der Waals surface area contributed by atoms with Crippen LogP contribution in [-0.2, 0) is 25.4 Å². The summed E-state index contributed by atoms with van der Waals surface area (Å²) in [7, 11) is 4.96. The molecule has 0 aliphatic carbocycles. The van der Waals surface area contributed by atoms with Gasteiger partial charge in [0.1, 0.15) is 5.69 Å². The van der Waals surface area contributed by atoms with Crippen molar-refractivity contribution in [3.05, 3.63) is 89.7 Å². The van der Waals surface area contributed by atoms with E-state index in [4.69, 9.17) is 9.47 Å². The molecule has 5 N–H and O–H groups in total. The van der Waals surface area contributed by atoms with E-state index in [0.29, 0.717) is 60.1 Å². The van der Waals surface area contributed by atoms with E-state index in [9.17, 15) is 19.5 Å². The number of amides is 3. The zero-order chi connectivity index (χ0) is 39.4. The van der Waals surface area contributed by atoms with Crippen molar-refractivity contribution in [3.8, 4) is 11.5 Å². The van der Waals surface area contributed by atoms with E-state index in [0.717, 1.165) is 16.8 Å². The smallest absolute Gasteiger partial charge is 0.268 e. The molecular formula is C40H49N9O6. The first-order valence-corrected chi connectivity index (χ1v) is 18.1. The highest BCUT2D eigenvalue weighted by Gasteiger charge is 2.34. The lowest BCUT2D eigenvalue weighted by atomic mass is 10.1. The number of aliphatic hydroxyl groups is 1. The summed E-state index contributed by atoms with van der Waals surface area (Å²) in [5, 5.41) is 23.1. The van der Waals surface area contributed by atoms with Crippen LogP contribution < -0.4 is 30.7 Å². The molecule has 2 aliphatic rings. The average molecular weight is 752 g/mol. The first-order chi connectivity index (χ1) is 26.2. The number of fused-ring (bicyclic) bond motifs is 2. The number of nitrogens with zero attached hydrogens (tertiary/aromatic N) is 5. The van der Waals surface area contributed by atoms with Crippen molar-refractivity contribution in [2.75, 3.05) is 36.2 Å². The molecular weight excluding hydrogens is 702 g/mol. The highest BCUT2D eigenvalue weighted by atomic mass is 16.5. The number of aliphatic hydroxyl groups excluding tert-OH is 1. The number of hydrogen-bond donors (Lipinski definition) is 5. The van der Waals surface area contributed by atoms with Gasteiger partial charge in [-0.1, -0.05) is 24.3 Å². The number of anilines is 3. The minimum Gasteiger partial charge on any atom is -0.493 e. The van der Waals surface area contributed by atoms with Crippen LogP contribution in [0.3, 0.4) is 0 Å². The summed E-state index contributed by atoms with van der Waals surface area (Å²) in [5.74, 6) is 0.699. The first kappa shape index (κ1) is 38.6. The molecule has 55 heavy (non-hydrogen) atoms. The number of aromatic nitrogens is 3. The molecule has 1 unspecified atom stereocenters. The summed E-state index contributed by atoms with van der Waals surface area (Å²) in [5.41, 5.74) is 4.78. The third kappa shape index (κ3) is 9.35. The molecule has 4 heterocycles. The molecule has 4 aromatic rings. The zero-order valence-corrected chi connectivity index (χ0v) is 32.1. The summed E-state index contributed by atoms with van der Waals surface area (Å²) in [6, 6.07) is 12.8. The predicted octanol–water partition coefficient (Wildman–Crippen LogP) is 5.29. The van der Waals surface area contributed by atoms with Crippen molar-refractivity contribution < 1.29 is 29.0 Å². The lowest BCUT2D eigenvalue weighted by Gasteiger charge is -2.22. The molecule has 0 saturated carbocycles. The van der Waals surface area contributed by atoms with E-state index < -0.39 is 6.23 Å². The Morgan fingerprint density at radius 3 is 2.55 bits per heavy atom. The van der Waals surface area contributed by atoms with E-state index in [-0.39, 0.29) is 54.0 Å². The molecule has 6 rings (SSSR count). The molecule has 2 aromatic heterocycles. The number of rotatable bonds is 14. The summed E-state index contributed by atoms with van der Waals surface area (Å²) in [6.45, 7) is 11.4. The van der Waals surface area contributed by atoms with Gasteiger partial charge in [-0.05, 0) is 63.4 Å². The van der Waals surface area contributed by atoms with Gasteiger partial charge in [0.15, 0.2) is 29.4 Å². The third-order valence-corrected chi connectivity index (χ3v) is 9.15. The van der Waals surface area contributed by atoms with Gasteiger partial charge in [-0.15, -0.1) is 0 Å². The Bertz CT molecular complexity index is 2110. The number of imidazole rings is 1. The van der Waals surface area contributed by atoms with Crippen molar-refractivity contribution in [1.29, 1.82) is 0 Å². The Labute approximate surface area is 320 Å². The van der Waals surface area contributed by atoms with Crippen LogP contribution in [0.5, 0.6) is 11.5 Å². The molecule has 0 radical (unpaired) electrons.